The first-order valence-corrected chi connectivity index (χ1v) is 5.77. The van der Waals surface area contributed by atoms with Gasteiger partial charge in [0, 0.05) is 11.6 Å². The van der Waals surface area contributed by atoms with Gasteiger partial charge in [-0.3, -0.25) is 0 Å². The molecule has 16 heavy (non-hydrogen) atoms. The maximum atomic E-state index is 13.0. The highest BCUT2D eigenvalue weighted by Gasteiger charge is 2.21. The van der Waals surface area contributed by atoms with Crippen LogP contribution in [0.2, 0.25) is 0 Å². The van der Waals surface area contributed by atoms with Gasteiger partial charge in [-0.05, 0) is 31.4 Å². The third-order valence-electron chi connectivity index (χ3n) is 2.91. The third-order valence-corrected chi connectivity index (χ3v) is 2.91. The van der Waals surface area contributed by atoms with Crippen molar-refractivity contribution in [3.05, 3.63) is 29.6 Å². The van der Waals surface area contributed by atoms with Crippen LogP contribution >= 0.6 is 0 Å². The molecule has 0 amide bonds. The van der Waals surface area contributed by atoms with Gasteiger partial charge in [0.1, 0.15) is 11.6 Å². The van der Waals surface area contributed by atoms with Gasteiger partial charge in [0.25, 0.3) is 0 Å². The van der Waals surface area contributed by atoms with Crippen LogP contribution < -0.4 is 4.74 Å². The van der Waals surface area contributed by atoms with E-state index in [1.165, 1.54) is 25.0 Å². The van der Waals surface area contributed by atoms with Gasteiger partial charge in [-0.15, -0.1) is 0 Å². The molecule has 0 heterocycles. The molecule has 0 bridgehead atoms. The molecule has 3 heteroatoms. The Labute approximate surface area is 95.1 Å². The molecule has 1 atom stereocenters. The van der Waals surface area contributed by atoms with Crippen molar-refractivity contribution >= 4 is 0 Å². The number of hydrogen-bond donors (Lipinski definition) is 1. The molecule has 0 saturated heterocycles. The lowest BCUT2D eigenvalue weighted by atomic mass is 10.1. The molecular formula is C13H17FO2. The van der Waals surface area contributed by atoms with Gasteiger partial charge in [0.2, 0.25) is 0 Å². The molecule has 0 spiro atoms. The maximum Gasteiger partial charge on any atom is 0.127 e. The third kappa shape index (κ3) is 2.95. The van der Waals surface area contributed by atoms with Crippen LogP contribution in [0.25, 0.3) is 0 Å². The van der Waals surface area contributed by atoms with E-state index >= 15 is 0 Å². The lowest BCUT2D eigenvalue weighted by Gasteiger charge is -2.13. The summed E-state index contributed by atoms with van der Waals surface area (Å²) in [7, 11) is 0. The summed E-state index contributed by atoms with van der Waals surface area (Å²) in [5, 5.41) is 9.51. The van der Waals surface area contributed by atoms with Crippen LogP contribution in [0, 0.1) is 11.7 Å². The molecule has 1 aliphatic carbocycles. The summed E-state index contributed by atoms with van der Waals surface area (Å²) in [6.07, 6.45) is 2.97. The van der Waals surface area contributed by atoms with Crippen LogP contribution in [-0.2, 0) is 0 Å². The predicted octanol–water partition coefficient (Wildman–Crippen LogP) is 3.06. The fourth-order valence-electron chi connectivity index (χ4n) is 1.72. The lowest BCUT2D eigenvalue weighted by molar-refractivity contribution is 0.190. The highest BCUT2D eigenvalue weighted by Crippen LogP contribution is 2.33. The molecule has 88 valence electrons. The van der Waals surface area contributed by atoms with Crippen molar-refractivity contribution in [3.63, 3.8) is 0 Å². The normalized spacial score (nSPS) is 17.2. The molecule has 2 rings (SSSR count). The number of ether oxygens (including phenoxy) is 1. The summed E-state index contributed by atoms with van der Waals surface area (Å²) in [6, 6.07) is 4.26. The van der Waals surface area contributed by atoms with E-state index in [0.717, 1.165) is 12.3 Å². The predicted molar refractivity (Wildman–Crippen MR) is 59.9 cm³/mol. The molecule has 1 fully saturated rings. The van der Waals surface area contributed by atoms with Crippen molar-refractivity contribution in [2.45, 2.75) is 32.3 Å². The Morgan fingerprint density at radius 3 is 2.88 bits per heavy atom. The van der Waals surface area contributed by atoms with Crippen LogP contribution in [0.4, 0.5) is 4.39 Å². The molecule has 1 aromatic carbocycles. The van der Waals surface area contributed by atoms with Crippen molar-refractivity contribution in [3.8, 4) is 5.75 Å². The van der Waals surface area contributed by atoms with E-state index in [2.05, 4.69) is 0 Å². The monoisotopic (exact) mass is 224 g/mol. The minimum Gasteiger partial charge on any atom is -0.493 e. The summed E-state index contributed by atoms with van der Waals surface area (Å²) < 4.78 is 18.6. The smallest absolute Gasteiger partial charge is 0.127 e. The fourth-order valence-corrected chi connectivity index (χ4v) is 1.72. The number of halogens is 1. The van der Waals surface area contributed by atoms with Crippen LogP contribution in [0.5, 0.6) is 5.75 Å². The molecule has 2 nitrogen and oxygen atoms in total. The maximum absolute atomic E-state index is 13.0. The lowest BCUT2D eigenvalue weighted by Crippen LogP contribution is -2.03. The SMILES string of the molecule is CC(O)c1ccc(F)cc1OCCC1CC1. The molecule has 1 saturated carbocycles. The zero-order chi connectivity index (χ0) is 11.5. The summed E-state index contributed by atoms with van der Waals surface area (Å²) >= 11 is 0. The van der Waals surface area contributed by atoms with Gasteiger partial charge < -0.3 is 9.84 Å². The Bertz CT molecular complexity index is 359. The van der Waals surface area contributed by atoms with E-state index in [1.807, 2.05) is 0 Å². The van der Waals surface area contributed by atoms with Gasteiger partial charge in [0.05, 0.1) is 12.7 Å². The van der Waals surface area contributed by atoms with Crippen molar-refractivity contribution in [2.24, 2.45) is 5.92 Å². The van der Waals surface area contributed by atoms with E-state index in [0.29, 0.717) is 17.9 Å². The number of aliphatic hydroxyl groups is 1. The minimum absolute atomic E-state index is 0.328. The van der Waals surface area contributed by atoms with E-state index < -0.39 is 6.10 Å². The molecule has 1 aliphatic rings. The van der Waals surface area contributed by atoms with Crippen LogP contribution in [0.15, 0.2) is 18.2 Å². The van der Waals surface area contributed by atoms with Crippen LogP contribution in [0.3, 0.4) is 0 Å². The van der Waals surface area contributed by atoms with Gasteiger partial charge in [-0.2, -0.15) is 0 Å². The van der Waals surface area contributed by atoms with Crippen molar-refractivity contribution in [1.29, 1.82) is 0 Å². The number of benzene rings is 1. The Kier molecular flexibility index (Phi) is 3.44. The van der Waals surface area contributed by atoms with E-state index in [9.17, 15) is 9.50 Å². The summed E-state index contributed by atoms with van der Waals surface area (Å²) in [6.45, 7) is 2.26. The minimum atomic E-state index is -0.628. The van der Waals surface area contributed by atoms with Gasteiger partial charge in [0.15, 0.2) is 0 Å². The topological polar surface area (TPSA) is 29.5 Å². The zero-order valence-electron chi connectivity index (χ0n) is 9.45. The van der Waals surface area contributed by atoms with Crippen LogP contribution in [0.1, 0.15) is 37.9 Å². The summed E-state index contributed by atoms with van der Waals surface area (Å²) in [5.41, 5.74) is 0.650. The Morgan fingerprint density at radius 1 is 1.50 bits per heavy atom. The largest absolute Gasteiger partial charge is 0.493 e. The highest BCUT2D eigenvalue weighted by molar-refractivity contribution is 5.35. The van der Waals surface area contributed by atoms with E-state index in [-0.39, 0.29) is 5.82 Å². The molecule has 1 aromatic rings. The zero-order valence-corrected chi connectivity index (χ0v) is 9.45. The number of rotatable bonds is 5. The Balaban J connectivity index is 2.00. The fraction of sp³-hybridized carbons (Fsp3) is 0.538. The molecule has 0 aromatic heterocycles. The second-order valence-corrected chi connectivity index (χ2v) is 4.44. The Hall–Kier alpha value is -1.09. The second-order valence-electron chi connectivity index (χ2n) is 4.44. The molecule has 0 aliphatic heterocycles. The van der Waals surface area contributed by atoms with Crippen molar-refractivity contribution < 1.29 is 14.2 Å². The average Bonchev–Trinajstić information content (AvgIpc) is 3.01. The van der Waals surface area contributed by atoms with Crippen LogP contribution in [-0.4, -0.2) is 11.7 Å². The first-order chi connectivity index (χ1) is 7.66. The Morgan fingerprint density at radius 2 is 2.25 bits per heavy atom. The standard InChI is InChI=1S/C13H17FO2/c1-9(15)12-5-4-11(14)8-13(12)16-7-6-10-2-3-10/h4-5,8-10,15H,2-3,6-7H2,1H3. The van der Waals surface area contributed by atoms with E-state index in [1.54, 1.807) is 13.0 Å². The number of aliphatic hydroxyl groups excluding tert-OH is 1. The first-order valence-electron chi connectivity index (χ1n) is 5.77. The van der Waals surface area contributed by atoms with Crippen molar-refractivity contribution in [2.75, 3.05) is 6.61 Å². The van der Waals surface area contributed by atoms with Gasteiger partial charge in [-0.1, -0.05) is 12.8 Å². The highest BCUT2D eigenvalue weighted by atomic mass is 19.1. The quantitative estimate of drug-likeness (QED) is 0.833. The molecule has 0 radical (unpaired) electrons. The summed E-state index contributed by atoms with van der Waals surface area (Å²) in [4.78, 5) is 0. The summed E-state index contributed by atoms with van der Waals surface area (Å²) in [5.74, 6) is 0.935. The van der Waals surface area contributed by atoms with Gasteiger partial charge >= 0.3 is 0 Å². The molecular weight excluding hydrogens is 207 g/mol. The first kappa shape index (κ1) is 11.4. The molecule has 1 unspecified atom stereocenters. The van der Waals surface area contributed by atoms with E-state index in [4.69, 9.17) is 4.74 Å². The number of hydrogen-bond acceptors (Lipinski definition) is 2. The second kappa shape index (κ2) is 4.83. The van der Waals surface area contributed by atoms with Crippen molar-refractivity contribution in [1.82, 2.24) is 0 Å². The average molecular weight is 224 g/mol. The molecule has 1 N–H and O–H groups in total. The van der Waals surface area contributed by atoms with Gasteiger partial charge in [-0.25, -0.2) is 4.39 Å².